The Hall–Kier alpha value is -0.626. The van der Waals surface area contributed by atoms with Gasteiger partial charge in [0.1, 0.15) is 6.54 Å². The predicted octanol–water partition coefficient (Wildman–Crippen LogP) is 3.80. The average Bonchev–Trinajstić information content (AvgIpc) is 2.17. The number of rotatable bonds is 7. The van der Waals surface area contributed by atoms with Crippen LogP contribution in [0.15, 0.2) is 4.99 Å². The molecule has 0 aromatic heterocycles. The van der Waals surface area contributed by atoms with Crippen molar-refractivity contribution in [2.24, 2.45) is 4.99 Å². The van der Waals surface area contributed by atoms with Gasteiger partial charge in [-0.15, -0.1) is 0 Å². The maximum atomic E-state index is 11.7. The second-order valence-electron chi connectivity index (χ2n) is 6.61. The Labute approximate surface area is 119 Å². The molecular weight excluding hydrogens is 274 g/mol. The minimum atomic E-state index is -1.82. The lowest BCUT2D eigenvalue weighted by Crippen LogP contribution is -2.32. The Kier molecular flexibility index (Phi) is 7.58. The molecule has 0 aromatic carbocycles. The van der Waals surface area contributed by atoms with E-state index in [1.807, 2.05) is 19.6 Å². The minimum Gasteiger partial charge on any atom is -0.535 e. The summed E-state index contributed by atoms with van der Waals surface area (Å²) in [6.45, 7) is 14.5. The van der Waals surface area contributed by atoms with Crippen molar-refractivity contribution in [1.29, 1.82) is 0 Å². The van der Waals surface area contributed by atoms with Crippen LogP contribution in [0.4, 0.5) is 0 Å². The first kappa shape index (κ1) is 18.4. The summed E-state index contributed by atoms with van der Waals surface area (Å²) in [6, 6.07) is 0. The summed E-state index contributed by atoms with van der Waals surface area (Å²) < 4.78 is 11.3. The third kappa shape index (κ3) is 12.2. The van der Waals surface area contributed by atoms with E-state index >= 15 is 0 Å². The standard InChI is InChI=1S/C13H29NO3Si2/c1-8-9-10-12(16-18(2,3)4)14-11-13(15)17-19(5,6)7/h8-11H2,1-7H3. The molecule has 4 nitrogen and oxygen atoms in total. The van der Waals surface area contributed by atoms with Crippen LogP contribution in [0, 0.1) is 0 Å². The van der Waals surface area contributed by atoms with Crippen LogP contribution in [0.1, 0.15) is 26.2 Å². The van der Waals surface area contributed by atoms with Crippen molar-refractivity contribution < 1.29 is 13.6 Å². The van der Waals surface area contributed by atoms with E-state index in [-0.39, 0.29) is 12.5 Å². The lowest BCUT2D eigenvalue weighted by Gasteiger charge is -2.21. The van der Waals surface area contributed by atoms with Gasteiger partial charge >= 0.3 is 5.97 Å². The fourth-order valence-electron chi connectivity index (χ4n) is 1.37. The number of unbranched alkanes of at least 4 members (excludes halogenated alkanes) is 1. The number of aliphatic imine (C=N–C) groups is 1. The molecule has 6 heteroatoms. The molecule has 0 fully saturated rings. The SMILES string of the molecule is CCCCC(=NCC(=O)O[Si](C)(C)C)O[Si](C)(C)C. The van der Waals surface area contributed by atoms with E-state index in [1.54, 1.807) is 0 Å². The molecule has 0 heterocycles. The fourth-order valence-corrected chi connectivity index (χ4v) is 2.99. The molecule has 0 rings (SSSR count). The molecule has 0 aromatic rings. The second-order valence-corrected chi connectivity index (χ2v) is 15.5. The van der Waals surface area contributed by atoms with E-state index in [0.717, 1.165) is 19.3 Å². The van der Waals surface area contributed by atoms with Crippen LogP contribution in [0.2, 0.25) is 39.3 Å². The normalized spacial score (nSPS) is 13.3. The number of nitrogens with zero attached hydrogens (tertiary/aromatic N) is 1. The average molecular weight is 304 g/mol. The molecule has 0 atom stereocenters. The van der Waals surface area contributed by atoms with Gasteiger partial charge in [0.25, 0.3) is 0 Å². The molecular formula is C13H29NO3Si2. The van der Waals surface area contributed by atoms with Crippen molar-refractivity contribution in [2.45, 2.75) is 65.5 Å². The summed E-state index contributed by atoms with van der Waals surface area (Å²) in [7, 11) is -3.48. The zero-order chi connectivity index (χ0) is 15.1. The van der Waals surface area contributed by atoms with Crippen molar-refractivity contribution in [3.8, 4) is 0 Å². The molecule has 0 saturated heterocycles. The molecule has 0 saturated carbocycles. The molecule has 19 heavy (non-hydrogen) atoms. The van der Waals surface area contributed by atoms with Crippen LogP contribution in [0.3, 0.4) is 0 Å². The zero-order valence-corrected chi connectivity index (χ0v) is 15.5. The van der Waals surface area contributed by atoms with Crippen LogP contribution < -0.4 is 0 Å². The zero-order valence-electron chi connectivity index (χ0n) is 13.5. The molecule has 0 aliphatic heterocycles. The maximum absolute atomic E-state index is 11.7. The largest absolute Gasteiger partial charge is 0.535 e. The number of carbonyl (C=O) groups excluding carboxylic acids is 1. The Morgan fingerprint density at radius 2 is 1.53 bits per heavy atom. The van der Waals surface area contributed by atoms with Crippen molar-refractivity contribution in [3.63, 3.8) is 0 Å². The maximum Gasteiger partial charge on any atom is 0.314 e. The van der Waals surface area contributed by atoms with Gasteiger partial charge in [-0.2, -0.15) is 0 Å². The minimum absolute atomic E-state index is 0.0772. The molecule has 0 unspecified atom stereocenters. The van der Waals surface area contributed by atoms with Gasteiger partial charge in [0, 0.05) is 6.42 Å². The molecule has 0 radical (unpaired) electrons. The van der Waals surface area contributed by atoms with Crippen LogP contribution in [-0.4, -0.2) is 35.0 Å². The number of hydrogen-bond acceptors (Lipinski definition) is 4. The summed E-state index contributed by atoms with van der Waals surface area (Å²) in [4.78, 5) is 16.0. The summed E-state index contributed by atoms with van der Waals surface area (Å²) in [5.41, 5.74) is 0. The van der Waals surface area contributed by atoms with Gasteiger partial charge < -0.3 is 8.85 Å². The molecule has 0 bridgehead atoms. The van der Waals surface area contributed by atoms with Gasteiger partial charge in [-0.3, -0.25) is 4.79 Å². The topological polar surface area (TPSA) is 47.9 Å². The molecule has 0 aliphatic rings. The second kappa shape index (κ2) is 7.84. The van der Waals surface area contributed by atoms with E-state index in [0.29, 0.717) is 5.90 Å². The van der Waals surface area contributed by atoms with Crippen LogP contribution in [0.25, 0.3) is 0 Å². The summed E-state index contributed by atoms with van der Waals surface area (Å²) in [6.07, 6.45) is 2.93. The lowest BCUT2D eigenvalue weighted by atomic mass is 10.2. The first-order valence-electron chi connectivity index (χ1n) is 6.97. The number of hydrogen-bond donors (Lipinski definition) is 0. The van der Waals surface area contributed by atoms with Gasteiger partial charge in [-0.05, 0) is 45.7 Å². The quantitative estimate of drug-likeness (QED) is 0.408. The van der Waals surface area contributed by atoms with Crippen LogP contribution in [0.5, 0.6) is 0 Å². The molecule has 0 spiro atoms. The Balaban J connectivity index is 4.50. The van der Waals surface area contributed by atoms with Gasteiger partial charge in [-0.25, -0.2) is 4.99 Å². The monoisotopic (exact) mass is 303 g/mol. The third-order valence-electron chi connectivity index (χ3n) is 1.97. The van der Waals surface area contributed by atoms with E-state index in [9.17, 15) is 4.79 Å². The lowest BCUT2D eigenvalue weighted by molar-refractivity contribution is -0.133. The Morgan fingerprint density at radius 3 is 1.95 bits per heavy atom. The van der Waals surface area contributed by atoms with Gasteiger partial charge in [-0.1, -0.05) is 13.3 Å². The summed E-state index contributed by atoms with van der Waals surface area (Å²) in [5.74, 6) is 0.473. The first-order valence-corrected chi connectivity index (χ1v) is 13.8. The van der Waals surface area contributed by atoms with Crippen molar-refractivity contribution in [2.75, 3.05) is 6.54 Å². The highest BCUT2D eigenvalue weighted by molar-refractivity contribution is 6.71. The van der Waals surface area contributed by atoms with Crippen molar-refractivity contribution in [3.05, 3.63) is 0 Å². The first-order chi connectivity index (χ1) is 8.53. The van der Waals surface area contributed by atoms with E-state index in [2.05, 4.69) is 31.6 Å². The summed E-state index contributed by atoms with van der Waals surface area (Å²) >= 11 is 0. The highest BCUT2D eigenvalue weighted by atomic mass is 28.4. The highest BCUT2D eigenvalue weighted by Gasteiger charge is 2.21. The van der Waals surface area contributed by atoms with Gasteiger partial charge in [0.05, 0.1) is 0 Å². The summed E-state index contributed by atoms with van der Waals surface area (Å²) in [5, 5.41) is 0. The number of carbonyl (C=O) groups is 1. The van der Waals surface area contributed by atoms with Gasteiger partial charge in [0.15, 0.2) is 5.90 Å². The molecule has 112 valence electrons. The van der Waals surface area contributed by atoms with Gasteiger partial charge in [0.2, 0.25) is 16.6 Å². The van der Waals surface area contributed by atoms with Crippen molar-refractivity contribution >= 4 is 28.5 Å². The van der Waals surface area contributed by atoms with E-state index in [1.165, 1.54) is 0 Å². The fraction of sp³-hybridized carbons (Fsp3) is 0.846. The van der Waals surface area contributed by atoms with Crippen LogP contribution in [-0.2, 0) is 13.6 Å². The van der Waals surface area contributed by atoms with E-state index < -0.39 is 16.6 Å². The third-order valence-corrected chi connectivity index (χ3v) is 3.66. The Morgan fingerprint density at radius 1 is 1.00 bits per heavy atom. The predicted molar refractivity (Wildman–Crippen MR) is 85.7 cm³/mol. The highest BCUT2D eigenvalue weighted by Crippen LogP contribution is 2.09. The smallest absolute Gasteiger partial charge is 0.314 e. The molecule has 0 aliphatic carbocycles. The van der Waals surface area contributed by atoms with Crippen molar-refractivity contribution in [1.82, 2.24) is 0 Å². The molecule has 0 amide bonds. The molecule has 0 N–H and O–H groups in total. The Bertz CT molecular complexity index is 317. The van der Waals surface area contributed by atoms with E-state index in [4.69, 9.17) is 8.85 Å². The van der Waals surface area contributed by atoms with Crippen LogP contribution >= 0.6 is 0 Å².